The number of esters is 1. The number of carboxylic acids is 1. The number of aliphatic carboxylic acids is 1. The minimum absolute atomic E-state index is 0.0542. The van der Waals surface area contributed by atoms with Crippen LogP contribution in [0.3, 0.4) is 0 Å². The minimum atomic E-state index is -1.43. The highest BCUT2D eigenvalue weighted by Gasteiger charge is 2.31. The number of carbonyl (C=O) groups is 3. The van der Waals surface area contributed by atoms with Crippen LogP contribution in [0.15, 0.2) is 72.8 Å². The van der Waals surface area contributed by atoms with Gasteiger partial charge in [-0.3, -0.25) is 4.79 Å². The lowest BCUT2D eigenvalue weighted by Crippen LogP contribution is -2.43. The van der Waals surface area contributed by atoms with E-state index >= 15 is 0 Å². The molecule has 0 bridgehead atoms. The lowest BCUT2D eigenvalue weighted by Gasteiger charge is -2.21. The van der Waals surface area contributed by atoms with Gasteiger partial charge in [0.1, 0.15) is 24.0 Å². The van der Waals surface area contributed by atoms with Gasteiger partial charge in [0.2, 0.25) is 0 Å². The van der Waals surface area contributed by atoms with E-state index in [2.05, 4.69) is 5.32 Å². The van der Waals surface area contributed by atoms with Gasteiger partial charge in [-0.25, -0.2) is 9.59 Å². The fraction of sp³-hybridized carbons (Fsp3) is 0.344. The van der Waals surface area contributed by atoms with Gasteiger partial charge < -0.3 is 30.4 Å². The molecule has 9 heteroatoms. The zero-order valence-electron chi connectivity index (χ0n) is 23.8. The first-order valence-corrected chi connectivity index (χ1v) is 13.4. The molecule has 0 saturated heterocycles. The molecule has 0 saturated carbocycles. The molecule has 3 N–H and O–H groups in total. The van der Waals surface area contributed by atoms with Crippen LogP contribution in [0, 0.1) is 0 Å². The average Bonchev–Trinajstić information content (AvgIpc) is 3.25. The summed E-state index contributed by atoms with van der Waals surface area (Å²) in [7, 11) is 1.65. The molecule has 1 aliphatic rings. The smallest absolute Gasteiger partial charge is 0.407 e. The summed E-state index contributed by atoms with van der Waals surface area (Å²) < 4.78 is 15.5. The van der Waals surface area contributed by atoms with E-state index in [0.717, 1.165) is 34.4 Å². The monoisotopic (exact) mass is 561 g/mol. The lowest BCUT2D eigenvalue weighted by atomic mass is 9.98. The maximum Gasteiger partial charge on any atom is 0.407 e. The molecule has 3 aromatic rings. The summed E-state index contributed by atoms with van der Waals surface area (Å²) in [6, 6.07) is 22.2. The third-order valence-corrected chi connectivity index (χ3v) is 6.30. The van der Waals surface area contributed by atoms with Crippen molar-refractivity contribution in [3.05, 3.63) is 95.2 Å². The van der Waals surface area contributed by atoms with E-state index < -0.39 is 36.1 Å². The van der Waals surface area contributed by atoms with Crippen molar-refractivity contribution in [1.82, 2.24) is 5.32 Å². The summed E-state index contributed by atoms with van der Waals surface area (Å²) in [5.74, 6) is -1.32. The third kappa shape index (κ3) is 9.08. The third-order valence-electron chi connectivity index (χ3n) is 6.30. The molecule has 1 aliphatic carbocycles. The van der Waals surface area contributed by atoms with Crippen LogP contribution >= 0.6 is 0 Å². The van der Waals surface area contributed by atoms with Crippen LogP contribution in [0.25, 0.3) is 16.9 Å². The fourth-order valence-corrected chi connectivity index (χ4v) is 4.47. The number of carbonyl (C=O) groups excluding carboxylic acids is 2. The molecule has 218 valence electrons. The molecule has 41 heavy (non-hydrogen) atoms. The van der Waals surface area contributed by atoms with Gasteiger partial charge >= 0.3 is 18.0 Å². The van der Waals surface area contributed by atoms with Crippen LogP contribution in [0.5, 0.6) is 5.75 Å². The molecule has 0 aromatic heterocycles. The predicted octanol–water partition coefficient (Wildman–Crippen LogP) is 6.00. The van der Waals surface area contributed by atoms with E-state index in [-0.39, 0.29) is 12.5 Å². The van der Waals surface area contributed by atoms with Crippen molar-refractivity contribution < 1.29 is 33.7 Å². The number of hydrogen-bond acceptors (Lipinski definition) is 6. The first-order valence-electron chi connectivity index (χ1n) is 13.4. The molecule has 4 rings (SSSR count). The van der Waals surface area contributed by atoms with Crippen LogP contribution in [-0.2, 0) is 25.5 Å². The van der Waals surface area contributed by atoms with Gasteiger partial charge in [0.25, 0.3) is 0 Å². The van der Waals surface area contributed by atoms with Crippen molar-refractivity contribution >= 4 is 18.0 Å². The molecule has 9 nitrogen and oxygen atoms in total. The van der Waals surface area contributed by atoms with Crippen molar-refractivity contribution in [3.63, 3.8) is 0 Å². The molecule has 0 radical (unpaired) electrons. The van der Waals surface area contributed by atoms with Crippen molar-refractivity contribution in [2.45, 2.75) is 51.2 Å². The van der Waals surface area contributed by atoms with E-state index in [9.17, 15) is 19.5 Å². The van der Waals surface area contributed by atoms with Crippen molar-refractivity contribution in [2.75, 3.05) is 20.3 Å². The zero-order chi connectivity index (χ0) is 30.0. The molecule has 0 unspecified atom stereocenters. The maximum absolute atomic E-state index is 12.3. The minimum Gasteiger partial charge on any atom is -0.677 e. The molecule has 1 atom stereocenters. The first kappa shape index (κ1) is 31.2. The Labute approximate surface area is 240 Å². The van der Waals surface area contributed by atoms with Gasteiger partial charge in [0.05, 0.1) is 13.5 Å². The molecule has 1 amide bonds. The van der Waals surface area contributed by atoms with Gasteiger partial charge in [-0.15, -0.1) is 6.54 Å². The number of benzene rings is 3. The largest absolute Gasteiger partial charge is 0.677 e. The second-order valence-electron chi connectivity index (χ2n) is 10.5. The van der Waals surface area contributed by atoms with E-state index in [1.807, 2.05) is 72.8 Å². The summed E-state index contributed by atoms with van der Waals surface area (Å²) in [6.45, 7) is 5.55. The Morgan fingerprint density at radius 3 is 1.98 bits per heavy atom. The molecule has 0 fully saturated rings. The number of alkyl carbamates (subject to hydrolysis) is 1. The Morgan fingerprint density at radius 2 is 1.49 bits per heavy atom. The van der Waals surface area contributed by atoms with Crippen molar-refractivity contribution in [2.24, 2.45) is 0 Å². The number of methoxy groups -OCH3 is 1. The summed E-state index contributed by atoms with van der Waals surface area (Å²) in [4.78, 5) is 35.6. The van der Waals surface area contributed by atoms with Crippen LogP contribution in [0.2, 0.25) is 0 Å². The number of ether oxygens (including phenoxy) is 3. The highest BCUT2D eigenvalue weighted by molar-refractivity contribution is 5.85. The molecular weight excluding hydrogens is 524 g/mol. The summed E-state index contributed by atoms with van der Waals surface area (Å²) in [5.41, 5.74) is 11.7. The molecule has 0 heterocycles. The topological polar surface area (TPSA) is 135 Å². The summed E-state index contributed by atoms with van der Waals surface area (Å²) in [5, 5.41) is 11.6. The van der Waals surface area contributed by atoms with Gasteiger partial charge in [-0.1, -0.05) is 60.7 Å². The second kappa shape index (κ2) is 14.3. The molecule has 0 spiro atoms. The number of fused-ring (bicyclic) bond motifs is 3. The van der Waals surface area contributed by atoms with Crippen molar-refractivity contribution in [1.29, 1.82) is 0 Å². The summed E-state index contributed by atoms with van der Waals surface area (Å²) >= 11 is 0. The van der Waals surface area contributed by atoms with E-state index in [1.54, 1.807) is 27.9 Å². The number of carboxylic acid groups (broad SMARTS) is 1. The van der Waals surface area contributed by atoms with Gasteiger partial charge in [-0.2, -0.15) is 0 Å². The van der Waals surface area contributed by atoms with Crippen LogP contribution < -0.4 is 10.1 Å². The van der Waals surface area contributed by atoms with E-state index in [0.29, 0.717) is 6.54 Å². The quantitative estimate of drug-likeness (QED) is 0.306. The normalized spacial score (nSPS) is 12.6. The fourth-order valence-electron chi connectivity index (χ4n) is 4.47. The number of hydrogen-bond donors (Lipinski definition) is 2. The average molecular weight is 562 g/mol. The van der Waals surface area contributed by atoms with Gasteiger partial charge in [0.15, 0.2) is 0 Å². The van der Waals surface area contributed by atoms with Crippen LogP contribution in [0.1, 0.15) is 49.8 Å². The van der Waals surface area contributed by atoms with Crippen LogP contribution in [-0.4, -0.2) is 55.0 Å². The van der Waals surface area contributed by atoms with Gasteiger partial charge in [0, 0.05) is 5.92 Å². The summed E-state index contributed by atoms with van der Waals surface area (Å²) in [6.07, 6.45) is -0.561. The number of amides is 1. The Hall–Kier alpha value is -4.37. The Morgan fingerprint density at radius 1 is 0.927 bits per heavy atom. The SMILES string of the molecule is CC(C)(C)OC(=O)C[C@H](NC(=O)OCC1c2ccccc2-c2ccccc21)C(=O)O.COc1ccc(CC[NH-])cc1. The number of rotatable bonds is 9. The highest BCUT2D eigenvalue weighted by atomic mass is 16.6. The standard InChI is InChI=1S/C23H25NO6.C9H12NO/c1-23(2,3)30-20(25)12-19(21(26)27)24-22(28)29-13-18-16-10-6-4-8-14(16)15-9-5-7-11-17(15)18;1-11-9-4-2-8(3-5-9)6-7-10/h4-11,18-19H,12-13H2,1-3H3,(H,24,28)(H,26,27);2-5,10H,6-7H2,1H3/q;-1/t19-;/m0./s1. The Balaban J connectivity index is 0.000000352. The van der Waals surface area contributed by atoms with Gasteiger partial charge in [-0.05, 0) is 67.1 Å². The van der Waals surface area contributed by atoms with E-state index in [1.165, 1.54) is 5.56 Å². The lowest BCUT2D eigenvalue weighted by molar-refractivity contribution is -0.158. The number of nitrogens with one attached hydrogen (secondary N) is 2. The Bertz CT molecular complexity index is 1290. The van der Waals surface area contributed by atoms with E-state index in [4.69, 9.17) is 19.9 Å². The van der Waals surface area contributed by atoms with Crippen LogP contribution in [0.4, 0.5) is 4.79 Å². The Kier molecular flexibility index (Phi) is 10.9. The van der Waals surface area contributed by atoms with Crippen molar-refractivity contribution in [3.8, 4) is 16.9 Å². The zero-order valence-corrected chi connectivity index (χ0v) is 23.8. The molecule has 0 aliphatic heterocycles. The first-order chi connectivity index (χ1) is 19.5. The highest BCUT2D eigenvalue weighted by Crippen LogP contribution is 2.44. The maximum atomic E-state index is 12.3. The molecular formula is C32H37N2O7-. The molecule has 3 aromatic carbocycles. The predicted molar refractivity (Wildman–Crippen MR) is 156 cm³/mol. The second-order valence-corrected chi connectivity index (χ2v) is 10.5.